The van der Waals surface area contributed by atoms with Crippen molar-refractivity contribution < 1.29 is 24.5 Å². The van der Waals surface area contributed by atoms with Crippen LogP contribution in [0.2, 0.25) is 0 Å². The van der Waals surface area contributed by atoms with Crippen molar-refractivity contribution in [1.82, 2.24) is 4.98 Å². The SMILES string of the molecule is CCOC(=O)CC(O)C(O)c1cncc(OC)c1. The van der Waals surface area contributed by atoms with Gasteiger partial charge in [0.2, 0.25) is 0 Å². The molecule has 100 valence electrons. The largest absolute Gasteiger partial charge is 0.495 e. The second-order valence-corrected chi connectivity index (χ2v) is 3.68. The Morgan fingerprint density at radius 1 is 1.44 bits per heavy atom. The van der Waals surface area contributed by atoms with Crippen molar-refractivity contribution in [2.45, 2.75) is 25.6 Å². The van der Waals surface area contributed by atoms with E-state index in [1.165, 1.54) is 19.5 Å². The summed E-state index contributed by atoms with van der Waals surface area (Å²) < 4.78 is 9.65. The first-order valence-corrected chi connectivity index (χ1v) is 5.59. The molecule has 6 nitrogen and oxygen atoms in total. The van der Waals surface area contributed by atoms with Gasteiger partial charge in [0.05, 0.1) is 32.4 Å². The van der Waals surface area contributed by atoms with Crippen molar-refractivity contribution in [2.24, 2.45) is 0 Å². The second-order valence-electron chi connectivity index (χ2n) is 3.68. The first-order chi connectivity index (χ1) is 8.58. The number of rotatable bonds is 6. The molecule has 0 saturated carbocycles. The van der Waals surface area contributed by atoms with Crippen LogP contribution in [-0.2, 0) is 9.53 Å². The molecule has 0 aliphatic rings. The summed E-state index contributed by atoms with van der Waals surface area (Å²) in [7, 11) is 1.47. The number of esters is 1. The molecule has 1 aromatic heterocycles. The van der Waals surface area contributed by atoms with Gasteiger partial charge >= 0.3 is 5.97 Å². The third kappa shape index (κ3) is 3.97. The van der Waals surface area contributed by atoms with E-state index in [1.807, 2.05) is 0 Å². The fourth-order valence-corrected chi connectivity index (χ4v) is 1.43. The van der Waals surface area contributed by atoms with Gasteiger partial charge in [-0.15, -0.1) is 0 Å². The van der Waals surface area contributed by atoms with Crippen LogP contribution in [0.3, 0.4) is 0 Å². The summed E-state index contributed by atoms with van der Waals surface area (Å²) in [4.78, 5) is 15.0. The van der Waals surface area contributed by atoms with Crippen LogP contribution in [-0.4, -0.2) is 41.0 Å². The summed E-state index contributed by atoms with van der Waals surface area (Å²) in [6.45, 7) is 1.91. The minimum Gasteiger partial charge on any atom is -0.495 e. The van der Waals surface area contributed by atoms with Crippen LogP contribution in [0.15, 0.2) is 18.5 Å². The molecule has 0 aliphatic carbocycles. The second kappa shape index (κ2) is 6.93. The molecule has 0 bridgehead atoms. The summed E-state index contributed by atoms with van der Waals surface area (Å²) in [5.74, 6) is -0.0882. The van der Waals surface area contributed by atoms with Gasteiger partial charge in [0.1, 0.15) is 11.9 Å². The summed E-state index contributed by atoms with van der Waals surface area (Å²) in [6, 6.07) is 1.55. The van der Waals surface area contributed by atoms with Crippen molar-refractivity contribution in [2.75, 3.05) is 13.7 Å². The molecule has 0 spiro atoms. The van der Waals surface area contributed by atoms with E-state index in [-0.39, 0.29) is 13.0 Å². The predicted octanol–water partition coefficient (Wildman–Crippen LogP) is 0.438. The van der Waals surface area contributed by atoms with Crippen LogP contribution in [0, 0.1) is 0 Å². The van der Waals surface area contributed by atoms with Crippen LogP contribution in [0.1, 0.15) is 25.0 Å². The number of hydrogen-bond donors (Lipinski definition) is 2. The molecule has 0 fully saturated rings. The third-order valence-corrected chi connectivity index (χ3v) is 2.36. The number of aliphatic hydroxyl groups excluding tert-OH is 2. The topological polar surface area (TPSA) is 88.9 Å². The Morgan fingerprint density at radius 3 is 2.78 bits per heavy atom. The maximum atomic E-state index is 11.2. The number of pyridine rings is 1. The molecule has 0 saturated heterocycles. The molecule has 0 radical (unpaired) electrons. The Bertz CT molecular complexity index is 396. The quantitative estimate of drug-likeness (QED) is 0.717. The van der Waals surface area contributed by atoms with Crippen molar-refractivity contribution >= 4 is 5.97 Å². The maximum absolute atomic E-state index is 11.2. The Labute approximate surface area is 105 Å². The Balaban J connectivity index is 2.67. The first-order valence-electron chi connectivity index (χ1n) is 5.59. The monoisotopic (exact) mass is 255 g/mol. The summed E-state index contributed by atoms with van der Waals surface area (Å²) in [6.07, 6.45) is 0.164. The number of ether oxygens (including phenoxy) is 2. The number of aliphatic hydroxyl groups is 2. The third-order valence-electron chi connectivity index (χ3n) is 2.36. The zero-order chi connectivity index (χ0) is 13.5. The molecule has 2 N–H and O–H groups in total. The van der Waals surface area contributed by atoms with Gasteiger partial charge in [0, 0.05) is 11.8 Å². The lowest BCUT2D eigenvalue weighted by Crippen LogP contribution is -2.23. The highest BCUT2D eigenvalue weighted by Gasteiger charge is 2.22. The zero-order valence-corrected chi connectivity index (χ0v) is 10.4. The molecule has 2 unspecified atom stereocenters. The van der Waals surface area contributed by atoms with Gasteiger partial charge in [-0.3, -0.25) is 9.78 Å². The molecule has 0 aliphatic heterocycles. The van der Waals surface area contributed by atoms with E-state index in [2.05, 4.69) is 4.98 Å². The summed E-state index contributed by atoms with van der Waals surface area (Å²) >= 11 is 0. The molecule has 0 aromatic carbocycles. The van der Waals surface area contributed by atoms with Crippen LogP contribution in [0.4, 0.5) is 0 Å². The Hall–Kier alpha value is -1.66. The molecule has 1 heterocycles. The lowest BCUT2D eigenvalue weighted by atomic mass is 10.0. The van der Waals surface area contributed by atoms with Gasteiger partial charge < -0.3 is 19.7 Å². The minimum atomic E-state index is -1.24. The normalized spacial score (nSPS) is 13.8. The van der Waals surface area contributed by atoms with Crippen LogP contribution in [0.25, 0.3) is 0 Å². The van der Waals surface area contributed by atoms with Crippen molar-refractivity contribution in [3.8, 4) is 5.75 Å². The van der Waals surface area contributed by atoms with E-state index >= 15 is 0 Å². The highest BCUT2D eigenvalue weighted by atomic mass is 16.5. The van der Waals surface area contributed by atoms with Gasteiger partial charge in [-0.1, -0.05) is 0 Å². The predicted molar refractivity (Wildman–Crippen MR) is 63.0 cm³/mol. The molecule has 0 amide bonds. The van der Waals surface area contributed by atoms with Gasteiger partial charge in [-0.05, 0) is 13.0 Å². The van der Waals surface area contributed by atoms with E-state index < -0.39 is 18.2 Å². The molecule has 1 rings (SSSR count). The fraction of sp³-hybridized carbons (Fsp3) is 0.500. The van der Waals surface area contributed by atoms with Gasteiger partial charge in [-0.2, -0.15) is 0 Å². The number of nitrogens with zero attached hydrogens (tertiary/aromatic N) is 1. The molecular formula is C12H17NO5. The summed E-state index contributed by atoms with van der Waals surface area (Å²) in [5, 5.41) is 19.6. The Kier molecular flexibility index (Phi) is 5.54. The average Bonchev–Trinajstić information content (AvgIpc) is 2.38. The number of carbonyl (C=O) groups is 1. The number of carbonyl (C=O) groups excluding carboxylic acids is 1. The maximum Gasteiger partial charge on any atom is 0.308 e. The smallest absolute Gasteiger partial charge is 0.308 e. The van der Waals surface area contributed by atoms with Gasteiger partial charge in [-0.25, -0.2) is 0 Å². The molecule has 18 heavy (non-hydrogen) atoms. The van der Waals surface area contributed by atoms with Crippen molar-refractivity contribution in [1.29, 1.82) is 0 Å². The fourth-order valence-electron chi connectivity index (χ4n) is 1.43. The van der Waals surface area contributed by atoms with E-state index in [0.29, 0.717) is 11.3 Å². The van der Waals surface area contributed by atoms with Gasteiger partial charge in [0.25, 0.3) is 0 Å². The molecule has 6 heteroatoms. The molecule has 1 aromatic rings. The molecular weight excluding hydrogens is 238 g/mol. The Morgan fingerprint density at radius 2 is 2.17 bits per heavy atom. The lowest BCUT2D eigenvalue weighted by molar-refractivity contribution is -0.147. The number of hydrogen-bond acceptors (Lipinski definition) is 6. The van der Waals surface area contributed by atoms with E-state index in [1.54, 1.807) is 13.0 Å². The minimum absolute atomic E-state index is 0.238. The summed E-state index contributed by atoms with van der Waals surface area (Å²) in [5.41, 5.74) is 0.381. The standard InChI is InChI=1S/C12H17NO5/c1-3-18-11(15)5-10(14)12(16)8-4-9(17-2)7-13-6-8/h4,6-7,10,12,14,16H,3,5H2,1-2H3. The number of methoxy groups -OCH3 is 1. The highest BCUT2D eigenvalue weighted by molar-refractivity contribution is 5.70. The van der Waals surface area contributed by atoms with Crippen LogP contribution < -0.4 is 4.74 Å². The van der Waals surface area contributed by atoms with E-state index in [9.17, 15) is 15.0 Å². The van der Waals surface area contributed by atoms with Crippen LogP contribution >= 0.6 is 0 Å². The lowest BCUT2D eigenvalue weighted by Gasteiger charge is -2.17. The van der Waals surface area contributed by atoms with E-state index in [4.69, 9.17) is 9.47 Å². The number of aromatic nitrogens is 1. The van der Waals surface area contributed by atoms with E-state index in [0.717, 1.165) is 0 Å². The highest BCUT2D eigenvalue weighted by Crippen LogP contribution is 2.21. The van der Waals surface area contributed by atoms with Crippen LogP contribution in [0.5, 0.6) is 5.75 Å². The van der Waals surface area contributed by atoms with Crippen molar-refractivity contribution in [3.05, 3.63) is 24.0 Å². The zero-order valence-electron chi connectivity index (χ0n) is 10.4. The average molecular weight is 255 g/mol. The molecule has 2 atom stereocenters. The van der Waals surface area contributed by atoms with Crippen molar-refractivity contribution in [3.63, 3.8) is 0 Å². The first kappa shape index (κ1) is 14.4. The van der Waals surface area contributed by atoms with Gasteiger partial charge in [0.15, 0.2) is 0 Å².